The van der Waals surface area contributed by atoms with Crippen molar-refractivity contribution in [1.29, 1.82) is 0 Å². The maximum atomic E-state index is 12.3. The summed E-state index contributed by atoms with van der Waals surface area (Å²) in [6, 6.07) is 15.8. The van der Waals surface area contributed by atoms with Gasteiger partial charge in [0, 0.05) is 17.3 Å². The Kier molecular flexibility index (Phi) is 4.89. The lowest BCUT2D eigenvalue weighted by Crippen LogP contribution is -2.09. The van der Waals surface area contributed by atoms with Crippen LogP contribution in [0.15, 0.2) is 54.7 Å². The molecular formula is C21H20N2O2. The Hall–Kier alpha value is -3.01. The van der Waals surface area contributed by atoms with Crippen molar-refractivity contribution < 1.29 is 9.53 Å². The number of aromatic nitrogens is 2. The number of nitrogens with zero attached hydrogens (tertiary/aromatic N) is 2. The number of aryl methyl sites for hydroxylation is 2. The third-order valence-corrected chi connectivity index (χ3v) is 4.10. The molecule has 0 saturated carbocycles. The van der Waals surface area contributed by atoms with Crippen molar-refractivity contribution in [3.05, 3.63) is 71.4 Å². The number of hydrogen-bond acceptors (Lipinski definition) is 4. The largest absolute Gasteiger partial charge is 0.462 e. The van der Waals surface area contributed by atoms with Crippen LogP contribution in [-0.2, 0) is 4.74 Å². The minimum atomic E-state index is -0.407. The number of rotatable bonds is 4. The van der Waals surface area contributed by atoms with E-state index < -0.39 is 5.97 Å². The van der Waals surface area contributed by atoms with E-state index in [0.717, 1.165) is 16.7 Å². The van der Waals surface area contributed by atoms with Crippen LogP contribution < -0.4 is 0 Å². The Balaban J connectivity index is 2.17. The molecule has 0 spiro atoms. The summed E-state index contributed by atoms with van der Waals surface area (Å²) in [6.45, 7) is 6.20. The van der Waals surface area contributed by atoms with Crippen molar-refractivity contribution in [3.63, 3.8) is 0 Å². The summed E-state index contributed by atoms with van der Waals surface area (Å²) in [4.78, 5) is 21.4. The third-order valence-electron chi connectivity index (χ3n) is 4.10. The first kappa shape index (κ1) is 16.8. The van der Waals surface area contributed by atoms with E-state index in [1.54, 1.807) is 13.1 Å². The van der Waals surface area contributed by atoms with Crippen LogP contribution in [0.25, 0.3) is 22.6 Å². The van der Waals surface area contributed by atoms with Gasteiger partial charge in [-0.05, 0) is 38.0 Å². The van der Waals surface area contributed by atoms with Crippen LogP contribution in [0.4, 0.5) is 0 Å². The molecule has 0 aliphatic heterocycles. The van der Waals surface area contributed by atoms with Gasteiger partial charge in [0.1, 0.15) is 5.56 Å². The first-order valence-corrected chi connectivity index (χ1v) is 8.27. The summed E-state index contributed by atoms with van der Waals surface area (Å²) >= 11 is 0. The molecule has 2 aromatic carbocycles. The van der Waals surface area contributed by atoms with Gasteiger partial charge in [-0.15, -0.1) is 0 Å². The highest BCUT2D eigenvalue weighted by molar-refractivity contribution is 5.96. The van der Waals surface area contributed by atoms with Gasteiger partial charge in [0.2, 0.25) is 0 Å². The molecule has 0 amide bonds. The van der Waals surface area contributed by atoms with Gasteiger partial charge >= 0.3 is 5.97 Å². The van der Waals surface area contributed by atoms with E-state index in [1.165, 1.54) is 5.56 Å². The van der Waals surface area contributed by atoms with Crippen LogP contribution in [0.2, 0.25) is 0 Å². The van der Waals surface area contributed by atoms with E-state index in [1.807, 2.05) is 55.5 Å². The number of carbonyl (C=O) groups excluding carboxylic acids is 1. The van der Waals surface area contributed by atoms with Crippen LogP contribution in [0, 0.1) is 13.8 Å². The summed E-state index contributed by atoms with van der Waals surface area (Å²) in [5.74, 6) is 0.178. The van der Waals surface area contributed by atoms with Crippen molar-refractivity contribution >= 4 is 5.97 Å². The number of ether oxygens (including phenoxy) is 1. The molecule has 1 aromatic heterocycles. The quantitative estimate of drug-likeness (QED) is 0.655. The monoisotopic (exact) mass is 332 g/mol. The van der Waals surface area contributed by atoms with E-state index in [-0.39, 0.29) is 0 Å². The minimum absolute atomic E-state index is 0.311. The van der Waals surface area contributed by atoms with Gasteiger partial charge in [-0.2, -0.15) is 0 Å². The molecule has 0 radical (unpaired) electrons. The van der Waals surface area contributed by atoms with Gasteiger partial charge in [0.25, 0.3) is 0 Å². The molecule has 0 atom stereocenters. The SMILES string of the molecule is CCOC(=O)c1cnc(-c2ccccc2)nc1-c1ccc(C)c(C)c1. The molecule has 1 heterocycles. The standard InChI is InChI=1S/C21H20N2O2/c1-4-25-21(24)18-13-22-20(16-8-6-5-7-9-16)23-19(18)17-11-10-14(2)15(3)12-17/h5-13H,4H2,1-3H3. The maximum absolute atomic E-state index is 12.3. The summed E-state index contributed by atoms with van der Waals surface area (Å²) in [5, 5.41) is 0. The highest BCUT2D eigenvalue weighted by Gasteiger charge is 2.18. The lowest BCUT2D eigenvalue weighted by molar-refractivity contribution is 0.0526. The summed E-state index contributed by atoms with van der Waals surface area (Å²) in [6.07, 6.45) is 1.55. The molecule has 0 aliphatic carbocycles. The van der Waals surface area contributed by atoms with E-state index in [4.69, 9.17) is 4.74 Å². The van der Waals surface area contributed by atoms with E-state index in [2.05, 4.69) is 16.9 Å². The smallest absolute Gasteiger partial charge is 0.341 e. The Morgan fingerprint density at radius 1 is 1.00 bits per heavy atom. The zero-order chi connectivity index (χ0) is 17.8. The second-order valence-corrected chi connectivity index (χ2v) is 5.84. The zero-order valence-electron chi connectivity index (χ0n) is 14.6. The Morgan fingerprint density at radius 3 is 2.44 bits per heavy atom. The Bertz CT molecular complexity index is 905. The molecule has 0 fully saturated rings. The number of carbonyl (C=O) groups is 1. The summed E-state index contributed by atoms with van der Waals surface area (Å²) in [7, 11) is 0. The molecule has 3 aromatic rings. The van der Waals surface area contributed by atoms with Gasteiger partial charge < -0.3 is 4.74 Å². The zero-order valence-corrected chi connectivity index (χ0v) is 14.6. The van der Waals surface area contributed by atoms with Gasteiger partial charge in [-0.1, -0.05) is 42.5 Å². The molecule has 0 aliphatic rings. The topological polar surface area (TPSA) is 52.1 Å². The van der Waals surface area contributed by atoms with Crippen molar-refractivity contribution in [2.45, 2.75) is 20.8 Å². The summed E-state index contributed by atoms with van der Waals surface area (Å²) < 4.78 is 5.17. The maximum Gasteiger partial charge on any atom is 0.341 e. The van der Waals surface area contributed by atoms with Crippen molar-refractivity contribution in [2.75, 3.05) is 6.61 Å². The van der Waals surface area contributed by atoms with Crippen LogP contribution >= 0.6 is 0 Å². The van der Waals surface area contributed by atoms with Gasteiger partial charge in [-0.25, -0.2) is 14.8 Å². The van der Waals surface area contributed by atoms with E-state index in [0.29, 0.717) is 23.7 Å². The molecule has 3 rings (SSSR count). The van der Waals surface area contributed by atoms with E-state index >= 15 is 0 Å². The first-order chi connectivity index (χ1) is 12.1. The molecule has 0 unspecified atom stereocenters. The normalized spacial score (nSPS) is 10.5. The fraction of sp³-hybridized carbons (Fsp3) is 0.190. The average Bonchev–Trinajstić information content (AvgIpc) is 2.64. The Morgan fingerprint density at radius 2 is 1.76 bits per heavy atom. The van der Waals surface area contributed by atoms with Crippen LogP contribution in [0.3, 0.4) is 0 Å². The second-order valence-electron chi connectivity index (χ2n) is 5.84. The molecule has 25 heavy (non-hydrogen) atoms. The highest BCUT2D eigenvalue weighted by Crippen LogP contribution is 2.26. The highest BCUT2D eigenvalue weighted by atomic mass is 16.5. The predicted octanol–water partition coefficient (Wildman–Crippen LogP) is 4.60. The Labute approximate surface area is 147 Å². The van der Waals surface area contributed by atoms with E-state index in [9.17, 15) is 4.79 Å². The number of hydrogen-bond donors (Lipinski definition) is 0. The molecule has 0 saturated heterocycles. The van der Waals surface area contributed by atoms with Gasteiger partial charge in [0.15, 0.2) is 5.82 Å². The molecule has 4 heteroatoms. The molecular weight excluding hydrogens is 312 g/mol. The second kappa shape index (κ2) is 7.26. The number of esters is 1. The van der Waals surface area contributed by atoms with Gasteiger partial charge in [-0.3, -0.25) is 0 Å². The summed E-state index contributed by atoms with van der Waals surface area (Å²) in [5.41, 5.74) is 5.10. The lowest BCUT2D eigenvalue weighted by Gasteiger charge is -2.11. The van der Waals surface area contributed by atoms with Crippen molar-refractivity contribution in [1.82, 2.24) is 9.97 Å². The molecule has 126 valence electrons. The van der Waals surface area contributed by atoms with Crippen LogP contribution in [0.1, 0.15) is 28.4 Å². The first-order valence-electron chi connectivity index (χ1n) is 8.27. The fourth-order valence-corrected chi connectivity index (χ4v) is 2.58. The molecule has 0 bridgehead atoms. The predicted molar refractivity (Wildman–Crippen MR) is 98.3 cm³/mol. The number of benzene rings is 2. The average molecular weight is 332 g/mol. The fourth-order valence-electron chi connectivity index (χ4n) is 2.58. The van der Waals surface area contributed by atoms with Crippen molar-refractivity contribution in [3.8, 4) is 22.6 Å². The van der Waals surface area contributed by atoms with Crippen molar-refractivity contribution in [2.24, 2.45) is 0 Å². The van der Waals surface area contributed by atoms with Crippen LogP contribution in [0.5, 0.6) is 0 Å². The lowest BCUT2D eigenvalue weighted by atomic mass is 10.0. The van der Waals surface area contributed by atoms with Gasteiger partial charge in [0.05, 0.1) is 12.3 Å². The minimum Gasteiger partial charge on any atom is -0.462 e. The molecule has 0 N–H and O–H groups in total. The molecule has 4 nitrogen and oxygen atoms in total. The third kappa shape index (κ3) is 3.58. The van der Waals surface area contributed by atoms with Crippen LogP contribution in [-0.4, -0.2) is 22.5 Å².